The molecule has 0 heterocycles. The van der Waals surface area contributed by atoms with Gasteiger partial charge in [-0.15, -0.1) is 0 Å². The Morgan fingerprint density at radius 3 is 1.38 bits per heavy atom. The second-order valence-electron chi connectivity index (χ2n) is 4.82. The number of hydrogen-bond acceptors (Lipinski definition) is 0. The average molecular weight is 379 g/mol. The third-order valence-electron chi connectivity index (χ3n) is 3.41. The Hall–Kier alpha value is -1.78. The van der Waals surface area contributed by atoms with Gasteiger partial charge in [0.2, 0.25) is 0 Å². The van der Waals surface area contributed by atoms with Gasteiger partial charge in [-0.1, -0.05) is 0 Å². The SMILES string of the molecule is C=[C](c1ccccc1)[Sb]([c]1ccccc1)[c]1ccccc1. The monoisotopic (exact) mass is 378 g/mol. The Balaban J connectivity index is 2.07. The van der Waals surface area contributed by atoms with Crippen LogP contribution in [0.3, 0.4) is 0 Å². The van der Waals surface area contributed by atoms with E-state index in [4.69, 9.17) is 0 Å². The van der Waals surface area contributed by atoms with Gasteiger partial charge in [-0.3, -0.25) is 0 Å². The topological polar surface area (TPSA) is 0 Å². The first-order chi connectivity index (χ1) is 10.4. The summed E-state index contributed by atoms with van der Waals surface area (Å²) >= 11 is -2.00. The molecule has 0 fully saturated rings. The van der Waals surface area contributed by atoms with Gasteiger partial charge in [-0.05, 0) is 0 Å². The molecule has 3 aromatic rings. The normalized spacial score (nSPS) is 10.5. The molecular weight excluding hydrogens is 362 g/mol. The summed E-state index contributed by atoms with van der Waals surface area (Å²) < 4.78 is 4.23. The Kier molecular flexibility index (Phi) is 4.58. The van der Waals surface area contributed by atoms with Crippen molar-refractivity contribution in [2.24, 2.45) is 0 Å². The van der Waals surface area contributed by atoms with Gasteiger partial charge in [0.25, 0.3) is 0 Å². The molecule has 0 bridgehead atoms. The summed E-state index contributed by atoms with van der Waals surface area (Å²) in [6, 6.07) is 32.3. The molecule has 0 unspecified atom stereocenters. The zero-order valence-electron chi connectivity index (χ0n) is 11.8. The number of rotatable bonds is 4. The Labute approximate surface area is 133 Å². The predicted octanol–water partition coefficient (Wildman–Crippen LogP) is 3.55. The van der Waals surface area contributed by atoms with Crippen LogP contribution in [0, 0.1) is 0 Å². The van der Waals surface area contributed by atoms with Gasteiger partial charge >= 0.3 is 134 Å². The molecule has 0 saturated heterocycles. The van der Waals surface area contributed by atoms with Crippen LogP contribution in [0.2, 0.25) is 0 Å². The van der Waals surface area contributed by atoms with E-state index < -0.39 is 20.2 Å². The van der Waals surface area contributed by atoms with E-state index in [1.807, 2.05) is 0 Å². The first-order valence-electron chi connectivity index (χ1n) is 7.01. The van der Waals surface area contributed by atoms with Crippen LogP contribution < -0.4 is 7.02 Å². The van der Waals surface area contributed by atoms with Crippen LogP contribution in [0.15, 0.2) is 97.6 Å². The van der Waals surface area contributed by atoms with Crippen LogP contribution in [-0.2, 0) is 0 Å². The Bertz CT molecular complexity index is 663. The van der Waals surface area contributed by atoms with Crippen molar-refractivity contribution in [2.45, 2.75) is 0 Å². The molecule has 0 aliphatic rings. The van der Waals surface area contributed by atoms with Crippen molar-refractivity contribution in [1.82, 2.24) is 0 Å². The Morgan fingerprint density at radius 2 is 0.952 bits per heavy atom. The summed E-state index contributed by atoms with van der Waals surface area (Å²) in [4.78, 5) is 0. The molecule has 0 nitrogen and oxygen atoms in total. The van der Waals surface area contributed by atoms with Gasteiger partial charge in [0.05, 0.1) is 0 Å². The third kappa shape index (κ3) is 3.28. The van der Waals surface area contributed by atoms with Gasteiger partial charge in [0.1, 0.15) is 0 Å². The molecular formula is C20H17Sb. The molecule has 0 spiro atoms. The van der Waals surface area contributed by atoms with Crippen molar-refractivity contribution in [2.75, 3.05) is 0 Å². The standard InChI is InChI=1S/C8H7.2C6H5.Sb/c1-2-8-6-4-3-5-7-8;2*1-2-4-6-5-3-1;/h3-7H,1H2;2*1-5H;. The molecule has 0 aliphatic carbocycles. The second-order valence-corrected chi connectivity index (χ2v) is 11.2. The molecule has 102 valence electrons. The van der Waals surface area contributed by atoms with Gasteiger partial charge in [0.15, 0.2) is 0 Å². The number of benzene rings is 3. The molecule has 0 saturated carbocycles. The fourth-order valence-electron chi connectivity index (χ4n) is 2.37. The second kappa shape index (κ2) is 6.78. The third-order valence-corrected chi connectivity index (χ3v) is 10.3. The minimum absolute atomic E-state index is 1.27. The van der Waals surface area contributed by atoms with Crippen LogP contribution in [-0.4, -0.2) is 20.2 Å². The van der Waals surface area contributed by atoms with E-state index in [1.165, 1.54) is 16.1 Å². The number of hydrogen-bond donors (Lipinski definition) is 0. The van der Waals surface area contributed by atoms with Crippen LogP contribution in [0.4, 0.5) is 0 Å². The molecule has 0 radical (unpaired) electrons. The summed E-state index contributed by atoms with van der Waals surface area (Å²) in [5.41, 5.74) is 1.27. The fourth-order valence-corrected chi connectivity index (χ4v) is 8.85. The first-order valence-corrected chi connectivity index (χ1v) is 10.8. The van der Waals surface area contributed by atoms with E-state index in [-0.39, 0.29) is 0 Å². The van der Waals surface area contributed by atoms with E-state index in [1.54, 1.807) is 0 Å². The van der Waals surface area contributed by atoms with Gasteiger partial charge in [-0.25, -0.2) is 0 Å². The summed E-state index contributed by atoms with van der Waals surface area (Å²) in [5, 5.41) is 0. The minimum atomic E-state index is -2.00. The van der Waals surface area contributed by atoms with Crippen molar-refractivity contribution >= 4 is 30.7 Å². The van der Waals surface area contributed by atoms with E-state index >= 15 is 0 Å². The van der Waals surface area contributed by atoms with E-state index in [0.717, 1.165) is 0 Å². The van der Waals surface area contributed by atoms with Gasteiger partial charge < -0.3 is 0 Å². The van der Waals surface area contributed by atoms with E-state index in [0.29, 0.717) is 0 Å². The molecule has 21 heavy (non-hydrogen) atoms. The molecule has 3 aromatic carbocycles. The molecule has 0 aromatic heterocycles. The summed E-state index contributed by atoms with van der Waals surface area (Å²) in [5.74, 6) is 0. The molecule has 0 amide bonds. The zero-order chi connectivity index (χ0) is 14.5. The summed E-state index contributed by atoms with van der Waals surface area (Å²) in [6.07, 6.45) is 0. The van der Waals surface area contributed by atoms with Crippen LogP contribution in [0.25, 0.3) is 3.52 Å². The average Bonchev–Trinajstić information content (AvgIpc) is 2.58. The van der Waals surface area contributed by atoms with Gasteiger partial charge in [0, 0.05) is 0 Å². The molecule has 3 rings (SSSR count). The molecule has 0 N–H and O–H groups in total. The van der Waals surface area contributed by atoms with E-state index in [9.17, 15) is 0 Å². The first kappa shape index (κ1) is 14.2. The van der Waals surface area contributed by atoms with Crippen molar-refractivity contribution in [1.29, 1.82) is 0 Å². The van der Waals surface area contributed by atoms with Crippen LogP contribution in [0.5, 0.6) is 0 Å². The van der Waals surface area contributed by atoms with Crippen molar-refractivity contribution in [3.05, 3.63) is 103 Å². The van der Waals surface area contributed by atoms with E-state index in [2.05, 4.69) is 97.6 Å². The molecule has 1 heteroatoms. The zero-order valence-corrected chi connectivity index (χ0v) is 14.4. The van der Waals surface area contributed by atoms with Gasteiger partial charge in [-0.2, -0.15) is 0 Å². The Morgan fingerprint density at radius 1 is 0.571 bits per heavy atom. The van der Waals surface area contributed by atoms with Crippen LogP contribution >= 0.6 is 0 Å². The quantitative estimate of drug-likeness (QED) is 0.609. The van der Waals surface area contributed by atoms with Crippen molar-refractivity contribution in [3.8, 4) is 0 Å². The maximum atomic E-state index is 4.46. The molecule has 0 aliphatic heterocycles. The van der Waals surface area contributed by atoms with Crippen LogP contribution in [0.1, 0.15) is 5.56 Å². The fraction of sp³-hybridized carbons (Fsp3) is 0. The maximum absolute atomic E-state index is 4.46. The summed E-state index contributed by atoms with van der Waals surface area (Å²) in [7, 11) is 0. The van der Waals surface area contributed by atoms with Crippen molar-refractivity contribution in [3.63, 3.8) is 0 Å². The van der Waals surface area contributed by atoms with Crippen molar-refractivity contribution < 1.29 is 0 Å². The molecule has 0 atom stereocenters. The summed E-state index contributed by atoms with van der Waals surface area (Å²) in [6.45, 7) is 4.46. The predicted molar refractivity (Wildman–Crippen MR) is 93.4 cm³/mol.